The lowest BCUT2D eigenvalue weighted by atomic mass is 10.3. The van der Waals surface area contributed by atoms with Crippen molar-refractivity contribution in [3.63, 3.8) is 0 Å². The second-order valence-electron chi connectivity index (χ2n) is 2.68. The summed E-state index contributed by atoms with van der Waals surface area (Å²) in [5.41, 5.74) is 0. The highest BCUT2D eigenvalue weighted by atomic mass is 32.2. The van der Waals surface area contributed by atoms with Crippen LogP contribution in [0.4, 0.5) is 0 Å². The number of Topliss-reactive ketones (excluding diaryl/α,β-unsaturated/α-hetero) is 1. The smallest absolute Gasteiger partial charge is 0.214 e. The van der Waals surface area contributed by atoms with Crippen molar-refractivity contribution in [3.05, 3.63) is 0 Å². The zero-order valence-corrected chi connectivity index (χ0v) is 8.44. The number of carbonyl (C=O) groups excluding carboxylic acids is 1. The van der Waals surface area contributed by atoms with Crippen molar-refractivity contribution < 1.29 is 13.2 Å². The van der Waals surface area contributed by atoms with Gasteiger partial charge < -0.3 is 0 Å². The van der Waals surface area contributed by atoms with E-state index in [2.05, 4.69) is 12.6 Å². The summed E-state index contributed by atoms with van der Waals surface area (Å²) in [5.74, 6) is -0.0730. The van der Waals surface area contributed by atoms with Gasteiger partial charge in [0.15, 0.2) is 5.78 Å². The molecule has 0 aromatic rings. The third-order valence-corrected chi connectivity index (χ3v) is 4.08. The molecule has 0 aromatic carbocycles. The van der Waals surface area contributed by atoms with Crippen molar-refractivity contribution in [1.82, 2.24) is 4.31 Å². The van der Waals surface area contributed by atoms with E-state index in [0.717, 1.165) is 0 Å². The molecule has 1 saturated heterocycles. The minimum absolute atomic E-state index is 0.00958. The first-order valence-electron chi connectivity index (χ1n) is 3.66. The lowest BCUT2D eigenvalue weighted by molar-refractivity contribution is -0.116. The molecule has 1 aliphatic heterocycles. The SMILES string of the molecule is CCS(=O)(=O)N1CC(=O)C(S)C1. The number of thiol groups is 1. The minimum Gasteiger partial charge on any atom is -0.297 e. The molecule has 0 spiro atoms. The molecule has 0 aromatic heterocycles. The first-order chi connectivity index (χ1) is 5.47. The Morgan fingerprint density at radius 2 is 2.25 bits per heavy atom. The average molecular weight is 209 g/mol. The summed E-state index contributed by atoms with van der Waals surface area (Å²) in [6.45, 7) is 1.77. The van der Waals surface area contributed by atoms with Gasteiger partial charge in [0.05, 0.1) is 17.5 Å². The largest absolute Gasteiger partial charge is 0.297 e. The molecular formula is C6H11NO3S2. The predicted octanol–water partition coefficient (Wildman–Crippen LogP) is -0.481. The summed E-state index contributed by atoms with van der Waals surface area (Å²) in [5, 5.41) is -0.439. The van der Waals surface area contributed by atoms with E-state index >= 15 is 0 Å². The molecule has 1 rings (SSSR count). The third kappa shape index (κ3) is 1.81. The number of carbonyl (C=O) groups is 1. The molecule has 0 N–H and O–H groups in total. The number of hydrogen-bond donors (Lipinski definition) is 1. The Balaban J connectivity index is 2.77. The Kier molecular flexibility index (Phi) is 2.80. The van der Waals surface area contributed by atoms with E-state index < -0.39 is 15.3 Å². The Hall–Kier alpha value is -0.0700. The van der Waals surface area contributed by atoms with E-state index in [4.69, 9.17) is 0 Å². The molecule has 0 bridgehead atoms. The number of hydrogen-bond acceptors (Lipinski definition) is 4. The molecule has 6 heteroatoms. The van der Waals surface area contributed by atoms with E-state index in [0.29, 0.717) is 0 Å². The van der Waals surface area contributed by atoms with Gasteiger partial charge in [0.2, 0.25) is 10.0 Å². The normalized spacial score (nSPS) is 26.5. The highest BCUT2D eigenvalue weighted by Gasteiger charge is 2.34. The van der Waals surface area contributed by atoms with Crippen LogP contribution >= 0.6 is 12.6 Å². The van der Waals surface area contributed by atoms with Crippen LogP contribution in [-0.4, -0.2) is 42.6 Å². The van der Waals surface area contributed by atoms with Crippen LogP contribution in [0.1, 0.15) is 6.92 Å². The summed E-state index contributed by atoms with van der Waals surface area (Å²) in [6, 6.07) is 0. The monoisotopic (exact) mass is 209 g/mol. The van der Waals surface area contributed by atoms with Crippen molar-refractivity contribution in [2.45, 2.75) is 12.2 Å². The summed E-state index contributed by atoms with van der Waals surface area (Å²) < 4.78 is 23.7. The molecule has 0 saturated carbocycles. The maximum absolute atomic E-state index is 11.2. The average Bonchev–Trinajstić information content (AvgIpc) is 2.33. The molecule has 1 aliphatic rings. The third-order valence-electron chi connectivity index (χ3n) is 1.84. The molecule has 1 heterocycles. The van der Waals surface area contributed by atoms with Crippen LogP contribution in [0, 0.1) is 0 Å². The van der Waals surface area contributed by atoms with Crippen LogP contribution in [0.25, 0.3) is 0 Å². The van der Waals surface area contributed by atoms with Crippen molar-refractivity contribution in [2.75, 3.05) is 18.8 Å². The van der Waals surface area contributed by atoms with Gasteiger partial charge in [-0.1, -0.05) is 0 Å². The summed E-state index contributed by atoms with van der Waals surface area (Å²) >= 11 is 3.96. The fourth-order valence-corrected chi connectivity index (χ4v) is 2.49. The van der Waals surface area contributed by atoms with Gasteiger partial charge in [-0.05, 0) is 6.92 Å². The quantitative estimate of drug-likeness (QED) is 0.625. The highest BCUT2D eigenvalue weighted by molar-refractivity contribution is 7.89. The molecule has 0 radical (unpaired) electrons. The van der Waals surface area contributed by atoms with Gasteiger partial charge in [0.25, 0.3) is 0 Å². The molecule has 70 valence electrons. The van der Waals surface area contributed by atoms with Crippen LogP contribution in [0.5, 0.6) is 0 Å². The van der Waals surface area contributed by atoms with Crippen LogP contribution in [0.15, 0.2) is 0 Å². The second kappa shape index (κ2) is 3.35. The standard InChI is InChI=1S/C6H11NO3S2/c1-2-12(9,10)7-3-5(8)6(11)4-7/h6,11H,2-4H2,1H3. The molecule has 0 aliphatic carbocycles. The van der Waals surface area contributed by atoms with Gasteiger partial charge >= 0.3 is 0 Å². The van der Waals surface area contributed by atoms with Crippen molar-refractivity contribution >= 4 is 28.4 Å². The van der Waals surface area contributed by atoms with Crippen LogP contribution < -0.4 is 0 Å². The molecule has 12 heavy (non-hydrogen) atoms. The van der Waals surface area contributed by atoms with Crippen molar-refractivity contribution in [2.24, 2.45) is 0 Å². The minimum atomic E-state index is -3.20. The maximum atomic E-state index is 11.2. The molecular weight excluding hydrogens is 198 g/mol. The lowest BCUT2D eigenvalue weighted by Gasteiger charge is -2.12. The zero-order chi connectivity index (χ0) is 9.35. The van der Waals surface area contributed by atoms with E-state index in [-0.39, 0.29) is 24.6 Å². The van der Waals surface area contributed by atoms with Crippen LogP contribution in [0.3, 0.4) is 0 Å². The van der Waals surface area contributed by atoms with Gasteiger partial charge in [-0.25, -0.2) is 8.42 Å². The Labute approximate surface area is 77.4 Å². The Morgan fingerprint density at radius 3 is 2.58 bits per heavy atom. The maximum Gasteiger partial charge on any atom is 0.214 e. The number of sulfonamides is 1. The van der Waals surface area contributed by atoms with Gasteiger partial charge in [-0.2, -0.15) is 16.9 Å². The summed E-state index contributed by atoms with van der Waals surface area (Å²) in [6.07, 6.45) is 0. The lowest BCUT2D eigenvalue weighted by Crippen LogP contribution is -2.30. The van der Waals surface area contributed by atoms with E-state index in [1.54, 1.807) is 6.92 Å². The van der Waals surface area contributed by atoms with Gasteiger partial charge in [0, 0.05) is 6.54 Å². The highest BCUT2D eigenvalue weighted by Crippen LogP contribution is 2.14. The molecule has 1 fully saturated rings. The van der Waals surface area contributed by atoms with Crippen molar-refractivity contribution in [3.8, 4) is 0 Å². The fraction of sp³-hybridized carbons (Fsp3) is 0.833. The number of rotatable bonds is 2. The first-order valence-corrected chi connectivity index (χ1v) is 5.78. The van der Waals surface area contributed by atoms with E-state index in [1.165, 1.54) is 4.31 Å². The van der Waals surface area contributed by atoms with Gasteiger partial charge in [0.1, 0.15) is 0 Å². The number of ketones is 1. The van der Waals surface area contributed by atoms with E-state index in [1.807, 2.05) is 0 Å². The van der Waals surface area contributed by atoms with Gasteiger partial charge in [-0.3, -0.25) is 4.79 Å². The Morgan fingerprint density at radius 1 is 1.67 bits per heavy atom. The summed E-state index contributed by atoms with van der Waals surface area (Å²) in [4.78, 5) is 11.0. The zero-order valence-electron chi connectivity index (χ0n) is 6.73. The van der Waals surface area contributed by atoms with Gasteiger partial charge in [-0.15, -0.1) is 0 Å². The van der Waals surface area contributed by atoms with Crippen molar-refractivity contribution in [1.29, 1.82) is 0 Å². The molecule has 0 amide bonds. The predicted molar refractivity (Wildman–Crippen MR) is 48.8 cm³/mol. The number of nitrogens with zero attached hydrogens (tertiary/aromatic N) is 1. The fourth-order valence-electron chi connectivity index (χ4n) is 1.03. The van der Waals surface area contributed by atoms with Crippen LogP contribution in [0.2, 0.25) is 0 Å². The molecule has 1 atom stereocenters. The molecule has 4 nitrogen and oxygen atoms in total. The topological polar surface area (TPSA) is 54.5 Å². The van der Waals surface area contributed by atoms with E-state index in [9.17, 15) is 13.2 Å². The second-order valence-corrected chi connectivity index (χ2v) is 5.56. The van der Waals surface area contributed by atoms with Crippen LogP contribution in [-0.2, 0) is 14.8 Å². The Bertz CT molecular complexity index is 285. The molecule has 1 unspecified atom stereocenters. The summed E-state index contributed by atoms with van der Waals surface area (Å²) in [7, 11) is -3.20. The first kappa shape index (κ1) is 10.0.